The van der Waals surface area contributed by atoms with Crippen molar-refractivity contribution in [2.75, 3.05) is 26.7 Å². The third-order valence-corrected chi connectivity index (χ3v) is 2.68. The van der Waals surface area contributed by atoms with Crippen LogP contribution in [0.5, 0.6) is 0 Å². The summed E-state index contributed by atoms with van der Waals surface area (Å²) < 4.78 is 4.45. The van der Waals surface area contributed by atoms with E-state index in [0.717, 1.165) is 38.4 Å². The number of nitrogens with one attached hydrogen (secondary N) is 3. The Morgan fingerprint density at radius 1 is 1.05 bits per heavy atom. The summed E-state index contributed by atoms with van der Waals surface area (Å²) in [5, 5.41) is 2.62. The average Bonchev–Trinajstić information content (AvgIpc) is 2.46. The molecular formula is C13H25N3O4. The molecule has 7 heteroatoms. The number of amides is 1. The Labute approximate surface area is 119 Å². The summed E-state index contributed by atoms with van der Waals surface area (Å²) in [6.07, 6.45) is 5.75. The van der Waals surface area contributed by atoms with Gasteiger partial charge in [-0.15, -0.1) is 0 Å². The second-order valence-electron chi connectivity index (χ2n) is 4.38. The monoisotopic (exact) mass is 287 g/mol. The molecule has 0 spiro atoms. The van der Waals surface area contributed by atoms with Crippen LogP contribution >= 0.6 is 0 Å². The fourth-order valence-corrected chi connectivity index (χ4v) is 1.60. The molecule has 116 valence electrons. The highest BCUT2D eigenvalue weighted by Crippen LogP contribution is 2.05. The molecule has 0 rings (SSSR count). The van der Waals surface area contributed by atoms with Crippen molar-refractivity contribution in [1.82, 2.24) is 16.2 Å². The van der Waals surface area contributed by atoms with E-state index >= 15 is 0 Å². The van der Waals surface area contributed by atoms with Gasteiger partial charge >= 0.3 is 6.09 Å². The molecule has 0 fully saturated rings. The lowest BCUT2D eigenvalue weighted by molar-refractivity contribution is -0.118. The van der Waals surface area contributed by atoms with E-state index in [0.29, 0.717) is 13.0 Å². The number of alkyl carbamates (subject to hydrolysis) is 1. The molecule has 0 aromatic carbocycles. The third kappa shape index (κ3) is 13.0. The number of ketones is 1. The molecule has 0 bridgehead atoms. The number of ether oxygens (including phenoxy) is 1. The maximum absolute atomic E-state index is 11.4. The predicted octanol–water partition coefficient (Wildman–Crippen LogP) is 0.545. The first-order valence-electron chi connectivity index (χ1n) is 6.93. The number of unbranched alkanes of at least 4 members (excludes halogenated alkanes) is 4. The van der Waals surface area contributed by atoms with Gasteiger partial charge < -0.3 is 14.8 Å². The van der Waals surface area contributed by atoms with Gasteiger partial charge in [-0.05, 0) is 12.8 Å². The Morgan fingerprint density at radius 3 is 2.45 bits per heavy atom. The minimum Gasteiger partial charge on any atom is -0.453 e. The summed E-state index contributed by atoms with van der Waals surface area (Å²) in [6.45, 7) is 1.07. The lowest BCUT2D eigenvalue weighted by Crippen LogP contribution is -2.37. The molecule has 0 aromatic heterocycles. The van der Waals surface area contributed by atoms with Crippen LogP contribution in [0.1, 0.15) is 38.5 Å². The topological polar surface area (TPSA) is 96.5 Å². The number of rotatable bonds is 13. The molecular weight excluding hydrogens is 262 g/mol. The van der Waals surface area contributed by atoms with Crippen molar-refractivity contribution in [3.05, 3.63) is 0 Å². The number of hydrazine groups is 1. The molecule has 7 nitrogen and oxygen atoms in total. The molecule has 1 amide bonds. The van der Waals surface area contributed by atoms with Crippen molar-refractivity contribution in [1.29, 1.82) is 0 Å². The van der Waals surface area contributed by atoms with Gasteiger partial charge in [0.1, 0.15) is 12.1 Å². The molecule has 0 aliphatic rings. The number of Topliss-reactive ketones (excluding diaryl/α,β-unsaturated/α-hetero) is 1. The van der Waals surface area contributed by atoms with Crippen molar-refractivity contribution in [3.63, 3.8) is 0 Å². The lowest BCUT2D eigenvalue weighted by atomic mass is 10.1. The van der Waals surface area contributed by atoms with Crippen LogP contribution in [0.4, 0.5) is 4.79 Å². The van der Waals surface area contributed by atoms with Crippen LogP contribution in [0.2, 0.25) is 0 Å². The zero-order valence-electron chi connectivity index (χ0n) is 12.1. The summed E-state index contributed by atoms with van der Waals surface area (Å²) in [5.74, 6) is 0.135. The highest BCUT2D eigenvalue weighted by Gasteiger charge is 2.01. The van der Waals surface area contributed by atoms with Crippen LogP contribution in [0.25, 0.3) is 0 Å². The van der Waals surface area contributed by atoms with Gasteiger partial charge in [0.05, 0.1) is 20.2 Å². The zero-order chi connectivity index (χ0) is 15.1. The standard InChI is InChI=1S/C13H25N3O4/c1-20-13(19)14-8-6-4-2-3-5-7-12(18)11-16-15-9-10-17/h10,15-16H,2-9,11H2,1H3,(H,14,19). The van der Waals surface area contributed by atoms with E-state index in [1.165, 1.54) is 7.11 Å². The molecule has 0 heterocycles. The molecule has 0 unspecified atom stereocenters. The van der Waals surface area contributed by atoms with Crippen LogP contribution in [0.3, 0.4) is 0 Å². The Bertz CT molecular complexity index is 285. The molecule has 20 heavy (non-hydrogen) atoms. The van der Waals surface area contributed by atoms with E-state index in [1.807, 2.05) is 0 Å². The fourth-order valence-electron chi connectivity index (χ4n) is 1.60. The van der Waals surface area contributed by atoms with E-state index in [2.05, 4.69) is 20.9 Å². The van der Waals surface area contributed by atoms with E-state index in [9.17, 15) is 14.4 Å². The Morgan fingerprint density at radius 2 is 1.75 bits per heavy atom. The summed E-state index contributed by atoms with van der Waals surface area (Å²) in [7, 11) is 1.34. The van der Waals surface area contributed by atoms with Gasteiger partial charge in [-0.3, -0.25) is 15.6 Å². The summed E-state index contributed by atoms with van der Waals surface area (Å²) in [4.78, 5) is 32.2. The van der Waals surface area contributed by atoms with Crippen molar-refractivity contribution < 1.29 is 19.1 Å². The number of aldehydes is 1. The Balaban J connectivity index is 3.20. The lowest BCUT2D eigenvalue weighted by Gasteiger charge is -2.04. The highest BCUT2D eigenvalue weighted by atomic mass is 16.5. The van der Waals surface area contributed by atoms with Crippen molar-refractivity contribution in [2.45, 2.75) is 38.5 Å². The molecule has 0 aromatic rings. The van der Waals surface area contributed by atoms with Crippen molar-refractivity contribution >= 4 is 18.2 Å². The van der Waals surface area contributed by atoms with Crippen LogP contribution in [-0.2, 0) is 14.3 Å². The summed E-state index contributed by atoms with van der Waals surface area (Å²) in [6, 6.07) is 0. The maximum atomic E-state index is 11.4. The predicted molar refractivity (Wildman–Crippen MR) is 75.2 cm³/mol. The van der Waals surface area contributed by atoms with E-state index < -0.39 is 6.09 Å². The molecule has 0 aliphatic carbocycles. The van der Waals surface area contributed by atoms with Gasteiger partial charge in [0, 0.05) is 13.0 Å². The van der Waals surface area contributed by atoms with Gasteiger partial charge in [0.15, 0.2) is 0 Å². The minimum absolute atomic E-state index is 0.135. The third-order valence-electron chi connectivity index (χ3n) is 2.68. The second kappa shape index (κ2) is 14.0. The van der Waals surface area contributed by atoms with Crippen LogP contribution < -0.4 is 16.2 Å². The number of hydrogen-bond acceptors (Lipinski definition) is 6. The van der Waals surface area contributed by atoms with Gasteiger partial charge in [0.2, 0.25) is 0 Å². The van der Waals surface area contributed by atoms with Crippen LogP contribution in [0, 0.1) is 0 Å². The van der Waals surface area contributed by atoms with E-state index in [1.54, 1.807) is 0 Å². The molecule has 0 radical (unpaired) electrons. The average molecular weight is 287 g/mol. The minimum atomic E-state index is -0.397. The molecule has 0 aliphatic heterocycles. The summed E-state index contributed by atoms with van der Waals surface area (Å²) in [5.41, 5.74) is 5.31. The molecule has 0 saturated heterocycles. The first-order chi connectivity index (χ1) is 9.70. The van der Waals surface area contributed by atoms with E-state index in [-0.39, 0.29) is 18.9 Å². The van der Waals surface area contributed by atoms with Gasteiger partial charge in [-0.25, -0.2) is 4.79 Å². The SMILES string of the molecule is COC(=O)NCCCCCCCC(=O)CNNCC=O. The quantitative estimate of drug-likeness (QED) is 0.260. The smallest absolute Gasteiger partial charge is 0.406 e. The number of hydrogen-bond donors (Lipinski definition) is 3. The van der Waals surface area contributed by atoms with Gasteiger partial charge in [-0.1, -0.05) is 19.3 Å². The normalized spacial score (nSPS) is 10.1. The van der Waals surface area contributed by atoms with Crippen molar-refractivity contribution in [3.8, 4) is 0 Å². The molecule has 0 saturated carbocycles. The molecule has 0 atom stereocenters. The van der Waals surface area contributed by atoms with Crippen LogP contribution in [-0.4, -0.2) is 44.9 Å². The first kappa shape index (κ1) is 18.5. The first-order valence-corrected chi connectivity index (χ1v) is 6.93. The second-order valence-corrected chi connectivity index (χ2v) is 4.38. The van der Waals surface area contributed by atoms with Gasteiger partial charge in [0.25, 0.3) is 0 Å². The number of methoxy groups -OCH3 is 1. The largest absolute Gasteiger partial charge is 0.453 e. The highest BCUT2D eigenvalue weighted by molar-refractivity contribution is 5.80. The fraction of sp³-hybridized carbons (Fsp3) is 0.769. The van der Waals surface area contributed by atoms with Crippen LogP contribution in [0.15, 0.2) is 0 Å². The Kier molecular flexibility index (Phi) is 12.9. The zero-order valence-corrected chi connectivity index (χ0v) is 12.1. The Hall–Kier alpha value is -1.47. The van der Waals surface area contributed by atoms with Gasteiger partial charge in [-0.2, -0.15) is 0 Å². The molecule has 3 N–H and O–H groups in total. The summed E-state index contributed by atoms with van der Waals surface area (Å²) >= 11 is 0. The maximum Gasteiger partial charge on any atom is 0.406 e. The number of carbonyl (C=O) groups excluding carboxylic acids is 3. The number of carbonyl (C=O) groups is 3. The van der Waals surface area contributed by atoms with Crippen molar-refractivity contribution in [2.24, 2.45) is 0 Å². The van der Waals surface area contributed by atoms with E-state index in [4.69, 9.17) is 0 Å².